The topological polar surface area (TPSA) is 0 Å². The molecule has 0 bridgehead atoms. The van der Waals surface area contributed by atoms with Gasteiger partial charge < -0.3 is 0 Å². The van der Waals surface area contributed by atoms with Crippen LogP contribution in [-0.4, -0.2) is 0 Å². The molecule has 0 radical (unpaired) electrons. The number of hydrogen-bond donors (Lipinski definition) is 0. The van der Waals surface area contributed by atoms with Crippen LogP contribution in [0.4, 0.5) is 4.39 Å². The summed E-state index contributed by atoms with van der Waals surface area (Å²) < 4.78 is 12.7. The molecule has 72 valence electrons. The van der Waals surface area contributed by atoms with Crippen molar-refractivity contribution in [3.8, 4) is 0 Å². The van der Waals surface area contributed by atoms with Crippen LogP contribution in [0.3, 0.4) is 0 Å². The molecule has 1 rings (SSSR count). The van der Waals surface area contributed by atoms with E-state index in [0.717, 1.165) is 12.0 Å². The van der Waals surface area contributed by atoms with E-state index in [0.29, 0.717) is 5.92 Å². The second-order valence-corrected chi connectivity index (χ2v) is 4.00. The third-order valence-electron chi connectivity index (χ3n) is 2.30. The number of halogens is 1. The summed E-state index contributed by atoms with van der Waals surface area (Å²) in [6.07, 6.45) is 2.23. The summed E-state index contributed by atoms with van der Waals surface area (Å²) in [5.41, 5.74) is 2.34. The van der Waals surface area contributed by atoms with Gasteiger partial charge in [-0.2, -0.15) is 0 Å². The van der Waals surface area contributed by atoms with Gasteiger partial charge in [0.2, 0.25) is 0 Å². The molecule has 0 aliphatic carbocycles. The van der Waals surface area contributed by atoms with E-state index >= 15 is 0 Å². The summed E-state index contributed by atoms with van der Waals surface area (Å²) in [6, 6.07) is 5.05. The Labute approximate surface area is 79.8 Å². The summed E-state index contributed by atoms with van der Waals surface area (Å²) in [6.45, 7) is 6.39. The first-order chi connectivity index (χ1) is 6.09. The molecule has 0 aliphatic heterocycles. The minimum absolute atomic E-state index is 0.134. The molecule has 13 heavy (non-hydrogen) atoms. The maximum absolute atomic E-state index is 12.7. The Morgan fingerprint density at radius 2 is 2.00 bits per heavy atom. The lowest BCUT2D eigenvalue weighted by atomic mass is 9.99. The van der Waals surface area contributed by atoms with Crippen LogP contribution in [0.1, 0.15) is 31.4 Å². The number of aryl methyl sites for hydroxylation is 2. The molecule has 0 N–H and O–H groups in total. The van der Waals surface area contributed by atoms with E-state index in [1.54, 1.807) is 12.1 Å². The SMILES string of the molecule is Cc1cc(F)ccc1CCC(C)C. The predicted molar refractivity (Wildman–Crippen MR) is 54.3 cm³/mol. The highest BCUT2D eigenvalue weighted by Gasteiger charge is 2.01. The van der Waals surface area contributed by atoms with Gasteiger partial charge in [-0.3, -0.25) is 0 Å². The van der Waals surface area contributed by atoms with Crippen LogP contribution in [-0.2, 0) is 6.42 Å². The molecule has 0 amide bonds. The standard InChI is InChI=1S/C12H17F/c1-9(2)4-5-11-6-7-12(13)8-10(11)3/h6-9H,4-5H2,1-3H3. The van der Waals surface area contributed by atoms with Gasteiger partial charge in [-0.05, 0) is 48.9 Å². The highest BCUT2D eigenvalue weighted by Crippen LogP contribution is 2.14. The van der Waals surface area contributed by atoms with Gasteiger partial charge in [-0.25, -0.2) is 4.39 Å². The van der Waals surface area contributed by atoms with Crippen molar-refractivity contribution in [2.45, 2.75) is 33.6 Å². The minimum Gasteiger partial charge on any atom is -0.207 e. The Morgan fingerprint density at radius 3 is 2.54 bits per heavy atom. The lowest BCUT2D eigenvalue weighted by molar-refractivity contribution is 0.583. The van der Waals surface area contributed by atoms with E-state index in [1.807, 2.05) is 13.0 Å². The molecule has 0 saturated carbocycles. The molecule has 0 spiro atoms. The quantitative estimate of drug-likeness (QED) is 0.665. The fourth-order valence-electron chi connectivity index (χ4n) is 1.38. The molecule has 1 heteroatoms. The highest BCUT2D eigenvalue weighted by atomic mass is 19.1. The number of hydrogen-bond acceptors (Lipinski definition) is 0. The molecule has 0 fully saturated rings. The lowest BCUT2D eigenvalue weighted by Gasteiger charge is -2.07. The Bertz CT molecular complexity index is 276. The average Bonchev–Trinajstić information content (AvgIpc) is 2.02. The summed E-state index contributed by atoms with van der Waals surface area (Å²) in [7, 11) is 0. The van der Waals surface area contributed by atoms with Crippen molar-refractivity contribution in [3.63, 3.8) is 0 Å². The second kappa shape index (κ2) is 4.40. The number of rotatable bonds is 3. The van der Waals surface area contributed by atoms with Crippen molar-refractivity contribution in [3.05, 3.63) is 35.1 Å². The van der Waals surface area contributed by atoms with Gasteiger partial charge in [0.05, 0.1) is 0 Å². The molecule has 0 aromatic heterocycles. The summed E-state index contributed by atoms with van der Waals surface area (Å²) in [5, 5.41) is 0. The minimum atomic E-state index is -0.134. The third-order valence-corrected chi connectivity index (χ3v) is 2.30. The molecular formula is C12H17F. The summed E-state index contributed by atoms with van der Waals surface area (Å²) >= 11 is 0. The van der Waals surface area contributed by atoms with Crippen molar-refractivity contribution in [1.29, 1.82) is 0 Å². The molecule has 0 atom stereocenters. The monoisotopic (exact) mass is 180 g/mol. The maximum atomic E-state index is 12.7. The maximum Gasteiger partial charge on any atom is 0.123 e. The van der Waals surface area contributed by atoms with Crippen LogP contribution in [0.25, 0.3) is 0 Å². The van der Waals surface area contributed by atoms with Gasteiger partial charge in [0, 0.05) is 0 Å². The van der Waals surface area contributed by atoms with Crippen LogP contribution >= 0.6 is 0 Å². The smallest absolute Gasteiger partial charge is 0.123 e. The fraction of sp³-hybridized carbons (Fsp3) is 0.500. The van der Waals surface area contributed by atoms with Crippen LogP contribution < -0.4 is 0 Å². The van der Waals surface area contributed by atoms with Crippen LogP contribution in [0, 0.1) is 18.7 Å². The van der Waals surface area contributed by atoms with Crippen LogP contribution in [0.15, 0.2) is 18.2 Å². The molecular weight excluding hydrogens is 163 g/mol. The zero-order valence-corrected chi connectivity index (χ0v) is 8.60. The van der Waals surface area contributed by atoms with Gasteiger partial charge in [0.15, 0.2) is 0 Å². The van der Waals surface area contributed by atoms with Crippen molar-refractivity contribution < 1.29 is 4.39 Å². The van der Waals surface area contributed by atoms with Crippen LogP contribution in [0.2, 0.25) is 0 Å². The van der Waals surface area contributed by atoms with Gasteiger partial charge in [0.25, 0.3) is 0 Å². The first kappa shape index (κ1) is 10.2. The Morgan fingerprint density at radius 1 is 1.31 bits per heavy atom. The molecule has 0 heterocycles. The van der Waals surface area contributed by atoms with Gasteiger partial charge in [0.1, 0.15) is 5.82 Å². The van der Waals surface area contributed by atoms with Crippen molar-refractivity contribution in [2.24, 2.45) is 5.92 Å². The zero-order valence-electron chi connectivity index (χ0n) is 8.60. The first-order valence-corrected chi connectivity index (χ1v) is 4.84. The fourth-order valence-corrected chi connectivity index (χ4v) is 1.38. The second-order valence-electron chi connectivity index (χ2n) is 4.00. The number of benzene rings is 1. The average molecular weight is 180 g/mol. The molecule has 0 aliphatic rings. The third kappa shape index (κ3) is 3.17. The first-order valence-electron chi connectivity index (χ1n) is 4.84. The molecule has 0 unspecified atom stereocenters. The van der Waals surface area contributed by atoms with Crippen molar-refractivity contribution in [1.82, 2.24) is 0 Å². The van der Waals surface area contributed by atoms with Gasteiger partial charge >= 0.3 is 0 Å². The normalized spacial score (nSPS) is 10.8. The summed E-state index contributed by atoms with van der Waals surface area (Å²) in [4.78, 5) is 0. The zero-order chi connectivity index (χ0) is 9.84. The molecule has 0 saturated heterocycles. The van der Waals surface area contributed by atoms with E-state index in [2.05, 4.69) is 13.8 Å². The lowest BCUT2D eigenvalue weighted by Crippen LogP contribution is -1.95. The Kier molecular flexibility index (Phi) is 3.47. The van der Waals surface area contributed by atoms with E-state index in [9.17, 15) is 4.39 Å². The largest absolute Gasteiger partial charge is 0.207 e. The van der Waals surface area contributed by atoms with E-state index < -0.39 is 0 Å². The van der Waals surface area contributed by atoms with E-state index in [1.165, 1.54) is 12.0 Å². The van der Waals surface area contributed by atoms with Crippen molar-refractivity contribution in [2.75, 3.05) is 0 Å². The van der Waals surface area contributed by atoms with Gasteiger partial charge in [-0.15, -0.1) is 0 Å². The predicted octanol–water partition coefficient (Wildman–Crippen LogP) is 3.72. The van der Waals surface area contributed by atoms with E-state index in [-0.39, 0.29) is 5.82 Å². The molecule has 0 nitrogen and oxygen atoms in total. The summed E-state index contributed by atoms with van der Waals surface area (Å²) in [5.74, 6) is 0.579. The Hall–Kier alpha value is -0.850. The van der Waals surface area contributed by atoms with Gasteiger partial charge in [-0.1, -0.05) is 19.9 Å². The molecule has 1 aromatic carbocycles. The molecule has 1 aromatic rings. The van der Waals surface area contributed by atoms with Crippen LogP contribution in [0.5, 0.6) is 0 Å². The highest BCUT2D eigenvalue weighted by molar-refractivity contribution is 5.26. The Balaban J connectivity index is 2.67. The van der Waals surface area contributed by atoms with Crippen molar-refractivity contribution >= 4 is 0 Å². The van der Waals surface area contributed by atoms with E-state index in [4.69, 9.17) is 0 Å².